The lowest BCUT2D eigenvalue weighted by Gasteiger charge is -2.26. The van der Waals surface area contributed by atoms with E-state index in [1.807, 2.05) is 0 Å². The molecule has 3 fully saturated rings. The second-order valence-corrected chi connectivity index (χ2v) is 6.25. The Hall–Kier alpha value is -0.610. The summed E-state index contributed by atoms with van der Waals surface area (Å²) < 4.78 is 5.51. The Labute approximate surface area is 109 Å². The van der Waals surface area contributed by atoms with Crippen LogP contribution in [0.25, 0.3) is 0 Å². The first kappa shape index (κ1) is 12.4. The number of nitrogens with two attached hydrogens (primary N) is 1. The van der Waals surface area contributed by atoms with E-state index < -0.39 is 0 Å². The summed E-state index contributed by atoms with van der Waals surface area (Å²) in [6.45, 7) is 2.13. The van der Waals surface area contributed by atoms with Crippen LogP contribution in [0.3, 0.4) is 0 Å². The van der Waals surface area contributed by atoms with E-state index in [4.69, 9.17) is 10.5 Å². The van der Waals surface area contributed by atoms with Crippen molar-refractivity contribution in [2.45, 2.75) is 38.1 Å². The van der Waals surface area contributed by atoms with E-state index >= 15 is 0 Å². The molecule has 0 spiro atoms. The quantitative estimate of drug-likeness (QED) is 0.690. The molecule has 0 radical (unpaired) electrons. The van der Waals surface area contributed by atoms with E-state index in [-0.39, 0.29) is 17.9 Å². The third-order valence-electron chi connectivity index (χ3n) is 4.88. The van der Waals surface area contributed by atoms with Gasteiger partial charge in [0.15, 0.2) is 0 Å². The van der Waals surface area contributed by atoms with Gasteiger partial charge in [-0.05, 0) is 49.9 Å². The number of rotatable bonds is 6. The molecule has 102 valence electrons. The fourth-order valence-electron chi connectivity index (χ4n) is 3.62. The maximum absolute atomic E-state index is 12.1. The Morgan fingerprint density at radius 1 is 1.22 bits per heavy atom. The summed E-state index contributed by atoms with van der Waals surface area (Å²) in [5, 5.41) is 2.99. The Bertz CT molecular complexity index is 315. The molecule has 0 aromatic carbocycles. The standard InChI is InChI=1S/C14H24N2O2/c15-13-11-4-3-10(7-11)12(13)14(17)16-5-6-18-8-9-1-2-9/h9-13H,1-8,15H2,(H,16,17). The van der Waals surface area contributed by atoms with Gasteiger partial charge in [-0.1, -0.05) is 0 Å². The molecule has 0 saturated heterocycles. The summed E-state index contributed by atoms with van der Waals surface area (Å²) in [7, 11) is 0. The fraction of sp³-hybridized carbons (Fsp3) is 0.929. The van der Waals surface area contributed by atoms with Crippen LogP contribution in [0.5, 0.6) is 0 Å². The summed E-state index contributed by atoms with van der Waals surface area (Å²) in [5.74, 6) is 2.14. The van der Waals surface area contributed by atoms with Gasteiger partial charge in [-0.3, -0.25) is 4.79 Å². The van der Waals surface area contributed by atoms with E-state index in [9.17, 15) is 4.79 Å². The summed E-state index contributed by atoms with van der Waals surface area (Å²) in [5.41, 5.74) is 6.15. The molecule has 2 bridgehead atoms. The zero-order chi connectivity index (χ0) is 12.5. The van der Waals surface area contributed by atoms with Crippen LogP contribution in [-0.2, 0) is 9.53 Å². The number of ether oxygens (including phenoxy) is 1. The molecule has 4 heteroatoms. The molecule has 3 aliphatic rings. The first-order valence-corrected chi connectivity index (χ1v) is 7.36. The third kappa shape index (κ3) is 2.54. The van der Waals surface area contributed by atoms with Gasteiger partial charge in [-0.25, -0.2) is 0 Å². The summed E-state index contributed by atoms with van der Waals surface area (Å²) >= 11 is 0. The number of hydrogen-bond acceptors (Lipinski definition) is 3. The number of carbonyl (C=O) groups excluding carboxylic acids is 1. The number of carbonyl (C=O) groups is 1. The van der Waals surface area contributed by atoms with Crippen molar-refractivity contribution in [3.8, 4) is 0 Å². The predicted octanol–water partition coefficient (Wildman–Crippen LogP) is 0.903. The molecule has 0 aliphatic heterocycles. The minimum atomic E-state index is 0.0622. The Balaban J connectivity index is 1.35. The molecule has 3 aliphatic carbocycles. The lowest BCUT2D eigenvalue weighted by Crippen LogP contribution is -2.45. The summed E-state index contributed by atoms with van der Waals surface area (Å²) in [6.07, 6.45) is 6.20. The highest BCUT2D eigenvalue weighted by Gasteiger charge is 2.48. The first-order chi connectivity index (χ1) is 8.75. The second kappa shape index (κ2) is 5.17. The molecule has 18 heavy (non-hydrogen) atoms. The number of amides is 1. The SMILES string of the molecule is NC1C2CCC(C2)C1C(=O)NCCOCC1CC1. The second-order valence-electron chi connectivity index (χ2n) is 6.25. The maximum atomic E-state index is 12.1. The molecule has 1 amide bonds. The van der Waals surface area contributed by atoms with E-state index in [1.165, 1.54) is 25.7 Å². The zero-order valence-electron chi connectivity index (χ0n) is 10.9. The van der Waals surface area contributed by atoms with Crippen LogP contribution in [0.15, 0.2) is 0 Å². The van der Waals surface area contributed by atoms with Crippen LogP contribution in [0.1, 0.15) is 32.1 Å². The molecule has 0 heterocycles. The van der Waals surface area contributed by atoms with Gasteiger partial charge in [0.05, 0.1) is 12.5 Å². The van der Waals surface area contributed by atoms with Gasteiger partial charge in [-0.2, -0.15) is 0 Å². The van der Waals surface area contributed by atoms with Gasteiger partial charge in [0.1, 0.15) is 0 Å². The number of fused-ring (bicyclic) bond motifs is 2. The molecule has 0 aromatic heterocycles. The van der Waals surface area contributed by atoms with E-state index in [0.29, 0.717) is 25.0 Å². The molecule has 0 aromatic rings. The van der Waals surface area contributed by atoms with Crippen molar-refractivity contribution in [1.29, 1.82) is 0 Å². The van der Waals surface area contributed by atoms with Gasteiger partial charge in [0.25, 0.3) is 0 Å². The van der Waals surface area contributed by atoms with E-state index in [0.717, 1.165) is 18.9 Å². The topological polar surface area (TPSA) is 64.4 Å². The van der Waals surface area contributed by atoms with Crippen LogP contribution >= 0.6 is 0 Å². The number of nitrogens with one attached hydrogen (secondary N) is 1. The van der Waals surface area contributed by atoms with Crippen LogP contribution in [0.2, 0.25) is 0 Å². The molecule has 4 nitrogen and oxygen atoms in total. The summed E-state index contributed by atoms with van der Waals surface area (Å²) in [4.78, 5) is 12.1. The maximum Gasteiger partial charge on any atom is 0.225 e. The van der Waals surface area contributed by atoms with E-state index in [1.54, 1.807) is 0 Å². The van der Waals surface area contributed by atoms with Crippen molar-refractivity contribution in [3.05, 3.63) is 0 Å². The van der Waals surface area contributed by atoms with Crippen molar-refractivity contribution in [2.24, 2.45) is 29.4 Å². The lowest BCUT2D eigenvalue weighted by atomic mass is 9.84. The molecular weight excluding hydrogens is 228 g/mol. The Kier molecular flexibility index (Phi) is 3.57. The largest absolute Gasteiger partial charge is 0.379 e. The lowest BCUT2D eigenvalue weighted by molar-refractivity contribution is -0.127. The van der Waals surface area contributed by atoms with Crippen LogP contribution < -0.4 is 11.1 Å². The van der Waals surface area contributed by atoms with Crippen molar-refractivity contribution < 1.29 is 9.53 Å². The third-order valence-corrected chi connectivity index (χ3v) is 4.88. The van der Waals surface area contributed by atoms with Crippen molar-refractivity contribution in [2.75, 3.05) is 19.8 Å². The predicted molar refractivity (Wildman–Crippen MR) is 68.8 cm³/mol. The average molecular weight is 252 g/mol. The van der Waals surface area contributed by atoms with Gasteiger partial charge in [-0.15, -0.1) is 0 Å². The van der Waals surface area contributed by atoms with Crippen molar-refractivity contribution >= 4 is 5.91 Å². The normalized spacial score (nSPS) is 38.1. The highest BCUT2D eigenvalue weighted by atomic mass is 16.5. The van der Waals surface area contributed by atoms with Crippen LogP contribution in [0, 0.1) is 23.7 Å². The Morgan fingerprint density at radius 3 is 2.67 bits per heavy atom. The molecular formula is C14H24N2O2. The van der Waals surface area contributed by atoms with E-state index in [2.05, 4.69) is 5.32 Å². The van der Waals surface area contributed by atoms with Gasteiger partial charge >= 0.3 is 0 Å². The molecule has 3 saturated carbocycles. The molecule has 3 rings (SSSR count). The fourth-order valence-corrected chi connectivity index (χ4v) is 3.62. The van der Waals surface area contributed by atoms with Gasteiger partial charge in [0, 0.05) is 19.2 Å². The smallest absolute Gasteiger partial charge is 0.225 e. The zero-order valence-corrected chi connectivity index (χ0v) is 10.9. The summed E-state index contributed by atoms with van der Waals surface area (Å²) in [6, 6.07) is 0.0936. The van der Waals surface area contributed by atoms with Crippen molar-refractivity contribution in [1.82, 2.24) is 5.32 Å². The molecule has 4 unspecified atom stereocenters. The molecule has 4 atom stereocenters. The molecule has 3 N–H and O–H groups in total. The monoisotopic (exact) mass is 252 g/mol. The van der Waals surface area contributed by atoms with Crippen LogP contribution in [-0.4, -0.2) is 31.7 Å². The van der Waals surface area contributed by atoms with Gasteiger partial charge < -0.3 is 15.8 Å². The van der Waals surface area contributed by atoms with Crippen molar-refractivity contribution in [3.63, 3.8) is 0 Å². The average Bonchev–Trinajstić information content (AvgIpc) is 2.97. The Morgan fingerprint density at radius 2 is 2.00 bits per heavy atom. The minimum Gasteiger partial charge on any atom is -0.379 e. The van der Waals surface area contributed by atoms with Gasteiger partial charge in [0.2, 0.25) is 5.91 Å². The highest BCUT2D eigenvalue weighted by Crippen LogP contribution is 2.47. The highest BCUT2D eigenvalue weighted by molar-refractivity contribution is 5.80. The van der Waals surface area contributed by atoms with Crippen LogP contribution in [0.4, 0.5) is 0 Å². The minimum absolute atomic E-state index is 0.0622. The first-order valence-electron chi connectivity index (χ1n) is 7.36. The number of hydrogen-bond donors (Lipinski definition) is 2.